The molecule has 0 aliphatic heterocycles. The van der Waals surface area contributed by atoms with Crippen molar-refractivity contribution in [2.24, 2.45) is 0 Å². The third-order valence-electron chi connectivity index (χ3n) is 2.56. The molecule has 0 bridgehead atoms. The maximum atomic E-state index is 12.4. The molecule has 0 unspecified atom stereocenters. The van der Waals surface area contributed by atoms with Crippen LogP contribution in [0.5, 0.6) is 11.5 Å². The van der Waals surface area contributed by atoms with Crippen molar-refractivity contribution >= 4 is 7.82 Å². The Balaban J connectivity index is 3.16. The third kappa shape index (κ3) is 4.51. The molecule has 1 N–H and O–H groups in total. The predicted octanol–water partition coefficient (Wildman–Crippen LogP) is 4.25. The predicted molar refractivity (Wildman–Crippen MR) is 78.3 cm³/mol. The summed E-state index contributed by atoms with van der Waals surface area (Å²) in [6.07, 6.45) is 0. The highest BCUT2D eigenvalue weighted by Crippen LogP contribution is 2.51. The minimum absolute atomic E-state index is 0.130. The molecule has 20 heavy (non-hydrogen) atoms. The first-order valence-electron chi connectivity index (χ1n) is 6.64. The van der Waals surface area contributed by atoms with E-state index in [1.807, 2.05) is 20.8 Å². The standard InChI is InChI=1S/C14H23O5P/c1-6-17-20(16,18-7-2)19-13-9-8-11(15)10-12(13)14(3,4)5/h8-10,15H,6-7H2,1-5H3. The molecule has 114 valence electrons. The second-order valence-electron chi connectivity index (χ2n) is 5.30. The van der Waals surface area contributed by atoms with Crippen LogP contribution in [0.25, 0.3) is 0 Å². The largest absolute Gasteiger partial charge is 0.530 e. The van der Waals surface area contributed by atoms with Gasteiger partial charge >= 0.3 is 7.82 Å². The molecular weight excluding hydrogens is 279 g/mol. The van der Waals surface area contributed by atoms with Crippen LogP contribution in [0.1, 0.15) is 40.2 Å². The van der Waals surface area contributed by atoms with Crippen LogP contribution in [0.4, 0.5) is 0 Å². The van der Waals surface area contributed by atoms with Crippen molar-refractivity contribution < 1.29 is 23.2 Å². The summed E-state index contributed by atoms with van der Waals surface area (Å²) < 4.78 is 28.2. The van der Waals surface area contributed by atoms with E-state index in [0.29, 0.717) is 5.75 Å². The third-order valence-corrected chi connectivity index (χ3v) is 4.12. The fraction of sp³-hybridized carbons (Fsp3) is 0.571. The summed E-state index contributed by atoms with van der Waals surface area (Å²) in [4.78, 5) is 0. The monoisotopic (exact) mass is 302 g/mol. The molecule has 0 aliphatic carbocycles. The topological polar surface area (TPSA) is 65.0 Å². The molecule has 1 aromatic carbocycles. The number of phenolic OH excluding ortho intramolecular Hbond substituents is 1. The zero-order valence-corrected chi connectivity index (χ0v) is 13.6. The van der Waals surface area contributed by atoms with Gasteiger partial charge in [-0.1, -0.05) is 20.8 Å². The van der Waals surface area contributed by atoms with Crippen LogP contribution in [0.3, 0.4) is 0 Å². The lowest BCUT2D eigenvalue weighted by Crippen LogP contribution is -2.13. The van der Waals surface area contributed by atoms with Gasteiger partial charge in [0.15, 0.2) is 0 Å². The highest BCUT2D eigenvalue weighted by Gasteiger charge is 2.30. The van der Waals surface area contributed by atoms with Crippen LogP contribution >= 0.6 is 7.82 Å². The lowest BCUT2D eigenvalue weighted by molar-refractivity contribution is 0.166. The molecule has 0 saturated carbocycles. The van der Waals surface area contributed by atoms with Gasteiger partial charge in [-0.15, -0.1) is 0 Å². The summed E-state index contributed by atoms with van der Waals surface area (Å²) in [5.74, 6) is 0.519. The summed E-state index contributed by atoms with van der Waals surface area (Å²) in [7, 11) is -3.63. The molecule has 5 nitrogen and oxygen atoms in total. The molecule has 0 amide bonds. The minimum Gasteiger partial charge on any atom is -0.508 e. The normalized spacial score (nSPS) is 12.4. The van der Waals surface area contributed by atoms with E-state index in [4.69, 9.17) is 13.6 Å². The van der Waals surface area contributed by atoms with Crippen LogP contribution in [-0.4, -0.2) is 18.3 Å². The van der Waals surface area contributed by atoms with E-state index in [0.717, 1.165) is 5.56 Å². The van der Waals surface area contributed by atoms with Crippen molar-refractivity contribution in [2.45, 2.75) is 40.0 Å². The second-order valence-corrected chi connectivity index (χ2v) is 6.90. The van der Waals surface area contributed by atoms with Crippen LogP contribution in [-0.2, 0) is 19.0 Å². The van der Waals surface area contributed by atoms with E-state index in [1.165, 1.54) is 6.07 Å². The van der Waals surface area contributed by atoms with E-state index in [9.17, 15) is 9.67 Å². The molecule has 0 radical (unpaired) electrons. The average molecular weight is 302 g/mol. The Morgan fingerprint density at radius 1 is 1.15 bits per heavy atom. The second kappa shape index (κ2) is 6.61. The number of aromatic hydroxyl groups is 1. The first-order chi connectivity index (χ1) is 9.22. The Hall–Kier alpha value is -1.03. The van der Waals surface area contributed by atoms with Crippen molar-refractivity contribution in [3.63, 3.8) is 0 Å². The molecule has 0 saturated heterocycles. The number of hydrogen-bond acceptors (Lipinski definition) is 5. The van der Waals surface area contributed by atoms with Crippen LogP contribution < -0.4 is 4.52 Å². The van der Waals surface area contributed by atoms with Crippen molar-refractivity contribution in [3.05, 3.63) is 23.8 Å². The number of benzene rings is 1. The molecule has 0 heterocycles. The van der Waals surface area contributed by atoms with Crippen molar-refractivity contribution in [3.8, 4) is 11.5 Å². The van der Waals surface area contributed by atoms with E-state index < -0.39 is 7.82 Å². The van der Waals surface area contributed by atoms with E-state index in [-0.39, 0.29) is 24.4 Å². The van der Waals surface area contributed by atoms with Crippen molar-refractivity contribution in [1.82, 2.24) is 0 Å². The molecule has 0 aromatic heterocycles. The summed E-state index contributed by atoms with van der Waals surface area (Å²) in [6.45, 7) is 9.80. The van der Waals surface area contributed by atoms with Crippen molar-refractivity contribution in [1.29, 1.82) is 0 Å². The molecular formula is C14H23O5P. The average Bonchev–Trinajstić information content (AvgIpc) is 2.30. The Morgan fingerprint density at radius 2 is 1.70 bits per heavy atom. The fourth-order valence-corrected chi connectivity index (χ4v) is 2.92. The van der Waals surface area contributed by atoms with Gasteiger partial charge in [0.25, 0.3) is 0 Å². The minimum atomic E-state index is -3.63. The van der Waals surface area contributed by atoms with Gasteiger partial charge in [-0.3, -0.25) is 9.05 Å². The number of phosphoric acid groups is 1. The molecule has 1 rings (SSSR count). The summed E-state index contributed by atoms with van der Waals surface area (Å²) >= 11 is 0. The van der Waals surface area contributed by atoms with Crippen LogP contribution in [0, 0.1) is 0 Å². The summed E-state index contributed by atoms with van der Waals surface area (Å²) in [5.41, 5.74) is 0.453. The molecule has 0 aliphatic rings. The van der Waals surface area contributed by atoms with Gasteiger partial charge in [0, 0.05) is 5.56 Å². The summed E-state index contributed by atoms with van der Waals surface area (Å²) in [5, 5.41) is 9.62. The first kappa shape index (κ1) is 17.0. The van der Waals surface area contributed by atoms with E-state index in [1.54, 1.807) is 26.0 Å². The maximum absolute atomic E-state index is 12.4. The summed E-state index contributed by atoms with van der Waals surface area (Å²) in [6, 6.07) is 4.64. The van der Waals surface area contributed by atoms with Crippen LogP contribution in [0.2, 0.25) is 0 Å². The van der Waals surface area contributed by atoms with Gasteiger partial charge in [-0.05, 0) is 37.5 Å². The molecule has 1 aromatic rings. The van der Waals surface area contributed by atoms with Gasteiger partial charge < -0.3 is 9.63 Å². The Bertz CT molecular complexity index is 483. The smallest absolute Gasteiger partial charge is 0.508 e. The zero-order chi connectivity index (χ0) is 15.4. The lowest BCUT2D eigenvalue weighted by atomic mass is 9.86. The Kier molecular flexibility index (Phi) is 5.63. The maximum Gasteiger partial charge on any atom is 0.530 e. The van der Waals surface area contributed by atoms with Gasteiger partial charge in [0.1, 0.15) is 11.5 Å². The highest BCUT2D eigenvalue weighted by molar-refractivity contribution is 7.48. The Morgan fingerprint density at radius 3 is 2.15 bits per heavy atom. The SMILES string of the molecule is CCOP(=O)(OCC)Oc1ccc(O)cc1C(C)(C)C. The van der Waals surface area contributed by atoms with Crippen LogP contribution in [0.15, 0.2) is 18.2 Å². The fourth-order valence-electron chi connectivity index (χ4n) is 1.71. The Labute approximate surface area is 120 Å². The molecule has 6 heteroatoms. The van der Waals surface area contributed by atoms with Gasteiger partial charge in [-0.25, -0.2) is 4.57 Å². The number of hydrogen-bond donors (Lipinski definition) is 1. The number of phosphoric ester groups is 1. The van der Waals surface area contributed by atoms with E-state index >= 15 is 0 Å². The molecule has 0 fully saturated rings. The van der Waals surface area contributed by atoms with Gasteiger partial charge in [0.05, 0.1) is 13.2 Å². The van der Waals surface area contributed by atoms with E-state index in [2.05, 4.69) is 0 Å². The highest BCUT2D eigenvalue weighted by atomic mass is 31.2. The number of phenols is 1. The quantitative estimate of drug-likeness (QED) is 0.796. The first-order valence-corrected chi connectivity index (χ1v) is 8.10. The lowest BCUT2D eigenvalue weighted by Gasteiger charge is -2.25. The molecule has 0 spiro atoms. The van der Waals surface area contributed by atoms with Gasteiger partial charge in [-0.2, -0.15) is 0 Å². The van der Waals surface area contributed by atoms with Crippen molar-refractivity contribution in [2.75, 3.05) is 13.2 Å². The molecule has 0 atom stereocenters. The number of rotatable bonds is 6. The zero-order valence-electron chi connectivity index (χ0n) is 12.7. The van der Waals surface area contributed by atoms with Gasteiger partial charge in [0.2, 0.25) is 0 Å².